The molecule has 0 amide bonds. The molecule has 1 unspecified atom stereocenters. The Morgan fingerprint density at radius 2 is 1.72 bits per heavy atom. The number of sulfone groups is 1. The van der Waals surface area contributed by atoms with Crippen LogP contribution in [0.15, 0.2) is 29.2 Å². The Kier molecular flexibility index (Phi) is 9.69. The highest BCUT2D eigenvalue weighted by molar-refractivity contribution is 7.91. The van der Waals surface area contributed by atoms with Crippen LogP contribution in [0.4, 0.5) is 13.2 Å². The number of benzene rings is 1. The first-order valence-corrected chi connectivity index (χ1v) is 13.3. The van der Waals surface area contributed by atoms with Crippen molar-refractivity contribution in [3.63, 3.8) is 0 Å². The van der Waals surface area contributed by atoms with E-state index in [9.17, 15) is 31.2 Å². The lowest BCUT2D eigenvalue weighted by Crippen LogP contribution is -2.42. The molecule has 0 spiro atoms. The summed E-state index contributed by atoms with van der Waals surface area (Å²) >= 11 is 0. The highest BCUT2D eigenvalue weighted by Gasteiger charge is 2.39. The summed E-state index contributed by atoms with van der Waals surface area (Å²) in [5, 5.41) is 10.1. The second kappa shape index (κ2) is 11.7. The molecule has 1 aromatic rings. The highest BCUT2D eigenvalue weighted by Crippen LogP contribution is 2.35. The molecular formula is C24H33F3N2O6S. The van der Waals surface area contributed by atoms with Crippen LogP contribution in [0, 0.1) is 22.7 Å². The molecule has 0 aromatic heterocycles. The average Bonchev–Trinajstić information content (AvgIpc) is 2.78. The number of halogens is 3. The van der Waals surface area contributed by atoms with Gasteiger partial charge in [-0.1, -0.05) is 12.1 Å². The fourth-order valence-corrected chi connectivity index (χ4v) is 5.37. The molecule has 0 bridgehead atoms. The van der Waals surface area contributed by atoms with E-state index in [1.807, 2.05) is 0 Å². The third-order valence-electron chi connectivity index (χ3n) is 5.87. The van der Waals surface area contributed by atoms with E-state index in [1.54, 1.807) is 27.7 Å². The summed E-state index contributed by atoms with van der Waals surface area (Å²) in [5.41, 5.74) is -1.99. The van der Waals surface area contributed by atoms with Crippen molar-refractivity contribution in [1.82, 2.24) is 5.06 Å². The zero-order chi connectivity index (χ0) is 27.3. The molecule has 1 atom stereocenters. The van der Waals surface area contributed by atoms with Gasteiger partial charge >= 0.3 is 18.1 Å². The smallest absolute Gasteiger partial charge is 0.417 e. The van der Waals surface area contributed by atoms with Gasteiger partial charge in [0.05, 0.1) is 34.2 Å². The first-order valence-electron chi connectivity index (χ1n) is 11.7. The highest BCUT2D eigenvalue weighted by atomic mass is 32.2. The summed E-state index contributed by atoms with van der Waals surface area (Å²) < 4.78 is 70.7. The molecule has 1 aliphatic rings. The van der Waals surface area contributed by atoms with Crippen molar-refractivity contribution in [3.8, 4) is 0 Å². The Hall–Kier alpha value is -2.47. The van der Waals surface area contributed by atoms with Gasteiger partial charge < -0.3 is 15.0 Å². The Bertz CT molecular complexity index is 1060. The maximum Gasteiger partial charge on any atom is 0.417 e. The van der Waals surface area contributed by atoms with Gasteiger partial charge in [0.15, 0.2) is 9.84 Å². The number of nitrogens with one attached hydrogen (secondary N) is 1. The van der Waals surface area contributed by atoms with Gasteiger partial charge in [0.1, 0.15) is 0 Å². The van der Waals surface area contributed by atoms with E-state index in [2.05, 4.69) is 0 Å². The van der Waals surface area contributed by atoms with Gasteiger partial charge in [0, 0.05) is 24.7 Å². The van der Waals surface area contributed by atoms with Crippen molar-refractivity contribution in [2.45, 2.75) is 58.0 Å². The minimum atomic E-state index is -4.86. The monoisotopic (exact) mass is 534 g/mol. The Balaban J connectivity index is 2.14. The summed E-state index contributed by atoms with van der Waals surface area (Å²) in [5.74, 6) is -3.55. The number of piperidine rings is 1. The number of hydrogen-bond donors (Lipinski definition) is 1. The molecule has 0 aliphatic carbocycles. The van der Waals surface area contributed by atoms with Crippen molar-refractivity contribution in [2.24, 2.45) is 17.3 Å². The third kappa shape index (κ3) is 7.76. The largest absolute Gasteiger partial charge is 0.465 e. The normalized spacial score (nSPS) is 16.9. The van der Waals surface area contributed by atoms with Gasteiger partial charge in [-0.25, -0.2) is 13.2 Å². The van der Waals surface area contributed by atoms with Gasteiger partial charge in [-0.05, 0) is 59.1 Å². The van der Waals surface area contributed by atoms with Crippen LogP contribution in [0.1, 0.15) is 52.5 Å². The topological polar surface area (TPSA) is 114 Å². The van der Waals surface area contributed by atoms with Gasteiger partial charge in [0.2, 0.25) is 0 Å². The molecule has 1 heterocycles. The first-order chi connectivity index (χ1) is 16.6. The fraction of sp³-hybridized carbons (Fsp3) is 0.625. The number of carbonyl (C=O) groups is 2. The van der Waals surface area contributed by atoms with E-state index in [-0.39, 0.29) is 18.7 Å². The van der Waals surface area contributed by atoms with Crippen LogP contribution < -0.4 is 0 Å². The van der Waals surface area contributed by atoms with Crippen molar-refractivity contribution >= 4 is 27.5 Å². The number of hydrogen-bond acceptors (Lipinski definition) is 8. The van der Waals surface area contributed by atoms with Crippen LogP contribution in [0.25, 0.3) is 0 Å². The molecular weight excluding hydrogens is 501 g/mol. The molecule has 2 rings (SSSR count). The molecule has 1 fully saturated rings. The van der Waals surface area contributed by atoms with E-state index in [0.717, 1.165) is 12.1 Å². The molecule has 0 radical (unpaired) electrons. The zero-order valence-corrected chi connectivity index (χ0v) is 21.7. The first kappa shape index (κ1) is 29.8. The van der Waals surface area contributed by atoms with E-state index in [4.69, 9.17) is 15.0 Å². The number of rotatable bonds is 9. The Morgan fingerprint density at radius 3 is 2.25 bits per heavy atom. The van der Waals surface area contributed by atoms with Crippen LogP contribution >= 0.6 is 0 Å². The molecule has 1 N–H and O–H groups in total. The summed E-state index contributed by atoms with van der Waals surface area (Å²) in [6.07, 6.45) is -4.47. The van der Waals surface area contributed by atoms with Crippen molar-refractivity contribution in [2.75, 3.05) is 25.4 Å². The third-order valence-corrected chi connectivity index (χ3v) is 7.67. The molecule has 0 saturated carbocycles. The van der Waals surface area contributed by atoms with Crippen LogP contribution in [0.2, 0.25) is 0 Å². The SMILES string of the molecule is CCOC(=O)C(CCS(=O)(=O)c1ccccc1C(F)(F)F)C(=N)C1CCN(OC(=O)C(C)(C)C)CC1. The maximum atomic E-state index is 13.3. The van der Waals surface area contributed by atoms with E-state index in [0.29, 0.717) is 32.0 Å². The molecule has 1 aromatic carbocycles. The minimum absolute atomic E-state index is 0.00741. The lowest BCUT2D eigenvalue weighted by molar-refractivity contribution is -0.205. The average molecular weight is 535 g/mol. The Morgan fingerprint density at radius 1 is 1.14 bits per heavy atom. The predicted molar refractivity (Wildman–Crippen MR) is 126 cm³/mol. The standard InChI is InChI=1S/C24H33F3N2O6S/c1-5-34-21(30)17(12-15-36(32,33)19-9-7-6-8-18(19)24(25,26)27)20(28)16-10-13-29(14-11-16)35-22(31)23(2,3)4/h6-9,16-17,28H,5,10-15H2,1-4H3. The second-order valence-electron chi connectivity index (χ2n) is 9.69. The van der Waals surface area contributed by atoms with Gasteiger partial charge in [-0.2, -0.15) is 13.2 Å². The molecule has 12 heteroatoms. The van der Waals surface area contributed by atoms with Gasteiger partial charge in [0.25, 0.3) is 0 Å². The maximum absolute atomic E-state index is 13.3. The van der Waals surface area contributed by atoms with Gasteiger partial charge in [-0.3, -0.25) is 4.79 Å². The zero-order valence-electron chi connectivity index (χ0n) is 20.9. The van der Waals surface area contributed by atoms with Crippen molar-refractivity contribution in [3.05, 3.63) is 29.8 Å². The summed E-state index contributed by atoms with van der Waals surface area (Å²) in [6.45, 7) is 7.39. The van der Waals surface area contributed by atoms with Crippen LogP contribution in [-0.2, 0) is 35.2 Å². The van der Waals surface area contributed by atoms with Crippen molar-refractivity contribution in [1.29, 1.82) is 5.41 Å². The number of alkyl halides is 3. The van der Waals surface area contributed by atoms with Crippen LogP contribution in [0.5, 0.6) is 0 Å². The van der Waals surface area contributed by atoms with E-state index in [1.165, 1.54) is 11.1 Å². The second-order valence-corrected chi connectivity index (χ2v) is 11.8. The number of carbonyl (C=O) groups excluding carboxylic acids is 2. The van der Waals surface area contributed by atoms with E-state index < -0.39 is 61.4 Å². The summed E-state index contributed by atoms with van der Waals surface area (Å²) in [7, 11) is -4.41. The molecule has 8 nitrogen and oxygen atoms in total. The summed E-state index contributed by atoms with van der Waals surface area (Å²) in [4.78, 5) is 29.2. The van der Waals surface area contributed by atoms with Crippen LogP contribution in [0.3, 0.4) is 0 Å². The number of esters is 1. The van der Waals surface area contributed by atoms with E-state index >= 15 is 0 Å². The molecule has 202 valence electrons. The lowest BCUT2D eigenvalue weighted by atomic mass is 9.84. The molecule has 1 aliphatic heterocycles. The minimum Gasteiger partial charge on any atom is -0.465 e. The van der Waals surface area contributed by atoms with Crippen LogP contribution in [-0.4, -0.2) is 56.6 Å². The molecule has 36 heavy (non-hydrogen) atoms. The molecule has 1 saturated heterocycles. The Labute approximate surface area is 209 Å². The number of nitrogens with zero attached hydrogens (tertiary/aromatic N) is 1. The quantitative estimate of drug-likeness (QED) is 0.371. The number of ether oxygens (including phenoxy) is 1. The van der Waals surface area contributed by atoms with Crippen molar-refractivity contribution < 1.29 is 40.8 Å². The fourth-order valence-electron chi connectivity index (χ4n) is 3.79. The van der Waals surface area contributed by atoms with Gasteiger partial charge in [-0.15, -0.1) is 5.06 Å². The summed E-state index contributed by atoms with van der Waals surface area (Å²) in [6, 6.07) is 3.88. The predicted octanol–water partition coefficient (Wildman–Crippen LogP) is 4.28. The lowest BCUT2D eigenvalue weighted by Gasteiger charge is -2.33. The number of hydroxylamine groups is 2.